The van der Waals surface area contributed by atoms with E-state index in [1.165, 1.54) is 0 Å². The second-order valence-corrected chi connectivity index (χ2v) is 4.08. The van der Waals surface area contributed by atoms with Crippen LogP contribution in [-0.4, -0.2) is 29.6 Å². The molecule has 1 fully saturated rings. The molecule has 0 bridgehead atoms. The first kappa shape index (κ1) is 11.5. The predicted molar refractivity (Wildman–Crippen MR) is 50.5 cm³/mol. The summed E-state index contributed by atoms with van der Waals surface area (Å²) >= 11 is 0. The summed E-state index contributed by atoms with van der Waals surface area (Å²) in [5, 5.41) is 9.19. The molecule has 3 atom stereocenters. The molecule has 0 aromatic rings. The van der Waals surface area contributed by atoms with Crippen LogP contribution in [0.5, 0.6) is 0 Å². The van der Waals surface area contributed by atoms with E-state index >= 15 is 0 Å². The fourth-order valence-corrected chi connectivity index (χ4v) is 1.59. The number of hydrogen-bond donors (Lipinski definition) is 1. The summed E-state index contributed by atoms with van der Waals surface area (Å²) in [6, 6.07) is 0. The Morgan fingerprint density at radius 2 is 2.29 bits per heavy atom. The number of rotatable bonds is 3. The average Bonchev–Trinajstić information content (AvgIpc) is 2.28. The lowest BCUT2D eigenvalue weighted by molar-refractivity contribution is -0.154. The first-order chi connectivity index (χ1) is 6.49. The maximum Gasteiger partial charge on any atom is 0.308 e. The lowest BCUT2D eigenvalue weighted by Crippen LogP contribution is -2.22. The van der Waals surface area contributed by atoms with Crippen molar-refractivity contribution < 1.29 is 19.4 Å². The van der Waals surface area contributed by atoms with Crippen LogP contribution in [0.2, 0.25) is 0 Å². The number of ether oxygens (including phenoxy) is 2. The molecule has 0 aromatic carbocycles. The van der Waals surface area contributed by atoms with Gasteiger partial charge in [0.1, 0.15) is 0 Å². The van der Waals surface area contributed by atoms with Crippen molar-refractivity contribution >= 4 is 5.97 Å². The van der Waals surface area contributed by atoms with Gasteiger partial charge in [0, 0.05) is 6.42 Å². The molecular weight excluding hydrogens is 184 g/mol. The Kier molecular flexibility index (Phi) is 3.89. The molecule has 0 aromatic heterocycles. The molecule has 1 aliphatic rings. The molecule has 82 valence electrons. The molecule has 1 N–H and O–H groups in total. The summed E-state index contributed by atoms with van der Waals surface area (Å²) < 4.78 is 10.2. The Balaban J connectivity index is 2.33. The largest absolute Gasteiger partial charge is 0.463 e. The van der Waals surface area contributed by atoms with Gasteiger partial charge < -0.3 is 14.6 Å². The van der Waals surface area contributed by atoms with E-state index in [0.29, 0.717) is 6.42 Å². The third-order valence-corrected chi connectivity index (χ3v) is 2.27. The van der Waals surface area contributed by atoms with E-state index in [-0.39, 0.29) is 30.5 Å². The molecule has 0 spiro atoms. The van der Waals surface area contributed by atoms with Crippen LogP contribution >= 0.6 is 0 Å². The van der Waals surface area contributed by atoms with Crippen LogP contribution in [0.15, 0.2) is 0 Å². The maximum absolute atomic E-state index is 11.3. The van der Waals surface area contributed by atoms with Gasteiger partial charge in [-0.3, -0.25) is 4.79 Å². The molecule has 0 radical (unpaired) electrons. The summed E-state index contributed by atoms with van der Waals surface area (Å²) in [5.74, 6) is -0.0457. The molecule has 0 amide bonds. The summed E-state index contributed by atoms with van der Waals surface area (Å²) in [4.78, 5) is 11.3. The highest BCUT2D eigenvalue weighted by atomic mass is 16.6. The van der Waals surface area contributed by atoms with E-state index in [1.807, 2.05) is 20.8 Å². The Labute approximate surface area is 84.2 Å². The molecule has 14 heavy (non-hydrogen) atoms. The number of carbonyl (C=O) groups excluding carboxylic acids is 1. The number of aliphatic hydroxyl groups is 1. The van der Waals surface area contributed by atoms with Crippen molar-refractivity contribution in [2.75, 3.05) is 0 Å². The summed E-state index contributed by atoms with van der Waals surface area (Å²) in [6.07, 6.45) is -0.182. The van der Waals surface area contributed by atoms with E-state index in [4.69, 9.17) is 9.47 Å². The van der Waals surface area contributed by atoms with Crippen molar-refractivity contribution in [3.8, 4) is 0 Å². The van der Waals surface area contributed by atoms with Crippen LogP contribution in [0.1, 0.15) is 33.6 Å². The molecule has 1 heterocycles. The first-order valence-electron chi connectivity index (χ1n) is 5.02. The molecule has 1 rings (SSSR count). The molecular formula is C10H18O4. The Morgan fingerprint density at radius 3 is 2.71 bits per heavy atom. The van der Waals surface area contributed by atoms with Gasteiger partial charge in [0.15, 0.2) is 6.29 Å². The van der Waals surface area contributed by atoms with Gasteiger partial charge in [-0.25, -0.2) is 0 Å². The summed E-state index contributed by atoms with van der Waals surface area (Å²) in [6.45, 7) is 5.58. The van der Waals surface area contributed by atoms with Gasteiger partial charge in [-0.1, -0.05) is 6.92 Å². The van der Waals surface area contributed by atoms with Crippen LogP contribution < -0.4 is 0 Å². The van der Waals surface area contributed by atoms with Crippen LogP contribution in [0.25, 0.3) is 0 Å². The highest BCUT2D eigenvalue weighted by molar-refractivity contribution is 5.70. The van der Waals surface area contributed by atoms with Crippen molar-refractivity contribution in [3.05, 3.63) is 0 Å². The van der Waals surface area contributed by atoms with Gasteiger partial charge in [-0.2, -0.15) is 0 Å². The quantitative estimate of drug-likeness (QED) is 0.695. The van der Waals surface area contributed by atoms with Gasteiger partial charge in [-0.15, -0.1) is 0 Å². The molecule has 0 saturated carbocycles. The third-order valence-electron chi connectivity index (χ3n) is 2.27. The zero-order chi connectivity index (χ0) is 10.7. The minimum atomic E-state index is -0.721. The molecule has 1 unspecified atom stereocenters. The zero-order valence-corrected chi connectivity index (χ0v) is 8.90. The Hall–Kier alpha value is -0.610. The van der Waals surface area contributed by atoms with Crippen molar-refractivity contribution in [2.24, 2.45) is 5.92 Å². The second-order valence-electron chi connectivity index (χ2n) is 4.08. The normalized spacial score (nSPS) is 32.2. The molecule has 1 saturated heterocycles. The minimum absolute atomic E-state index is 0.0934. The van der Waals surface area contributed by atoms with E-state index in [2.05, 4.69) is 0 Å². The standard InChI is InChI=1S/C10H18O4/c1-6(2)13-10(12)5-8-7(3)4-9(11)14-8/h6-9,11H,4-5H2,1-3H3/t7-,8-,9?/m1/s1. The number of hydrogen-bond acceptors (Lipinski definition) is 4. The smallest absolute Gasteiger partial charge is 0.308 e. The van der Waals surface area contributed by atoms with Crippen LogP contribution in [0.3, 0.4) is 0 Å². The minimum Gasteiger partial charge on any atom is -0.463 e. The third kappa shape index (κ3) is 3.27. The number of aliphatic hydroxyl groups excluding tert-OH is 1. The predicted octanol–water partition coefficient (Wildman–Crippen LogP) is 1.07. The van der Waals surface area contributed by atoms with Crippen molar-refractivity contribution in [1.29, 1.82) is 0 Å². The van der Waals surface area contributed by atoms with Gasteiger partial charge in [0.2, 0.25) is 0 Å². The SMILES string of the molecule is CC(C)OC(=O)C[C@H]1OC(O)C[C@H]1C. The molecule has 4 heteroatoms. The van der Waals surface area contributed by atoms with Gasteiger partial charge in [0.25, 0.3) is 0 Å². The van der Waals surface area contributed by atoms with E-state index in [1.54, 1.807) is 0 Å². The summed E-state index contributed by atoms with van der Waals surface area (Å²) in [7, 11) is 0. The highest BCUT2D eigenvalue weighted by Crippen LogP contribution is 2.27. The van der Waals surface area contributed by atoms with E-state index in [9.17, 15) is 9.90 Å². The lowest BCUT2D eigenvalue weighted by atomic mass is 10.0. The topological polar surface area (TPSA) is 55.8 Å². The fraction of sp³-hybridized carbons (Fsp3) is 0.900. The van der Waals surface area contributed by atoms with E-state index in [0.717, 1.165) is 0 Å². The van der Waals surface area contributed by atoms with Gasteiger partial charge in [0.05, 0.1) is 18.6 Å². The van der Waals surface area contributed by atoms with Crippen molar-refractivity contribution in [2.45, 2.75) is 52.1 Å². The second kappa shape index (κ2) is 4.75. The zero-order valence-electron chi connectivity index (χ0n) is 8.90. The van der Waals surface area contributed by atoms with Crippen LogP contribution in [-0.2, 0) is 14.3 Å². The van der Waals surface area contributed by atoms with Gasteiger partial charge >= 0.3 is 5.97 Å². The molecule has 4 nitrogen and oxygen atoms in total. The molecule has 0 aliphatic carbocycles. The number of carbonyl (C=O) groups is 1. The summed E-state index contributed by atoms with van der Waals surface area (Å²) in [5.41, 5.74) is 0. The van der Waals surface area contributed by atoms with Crippen molar-refractivity contribution in [3.63, 3.8) is 0 Å². The highest BCUT2D eigenvalue weighted by Gasteiger charge is 2.32. The fourth-order valence-electron chi connectivity index (χ4n) is 1.59. The van der Waals surface area contributed by atoms with Crippen LogP contribution in [0.4, 0.5) is 0 Å². The maximum atomic E-state index is 11.3. The Morgan fingerprint density at radius 1 is 1.64 bits per heavy atom. The van der Waals surface area contributed by atoms with Crippen molar-refractivity contribution in [1.82, 2.24) is 0 Å². The molecule has 1 aliphatic heterocycles. The first-order valence-corrected chi connectivity index (χ1v) is 5.02. The average molecular weight is 202 g/mol. The van der Waals surface area contributed by atoms with E-state index < -0.39 is 6.29 Å². The van der Waals surface area contributed by atoms with Gasteiger partial charge in [-0.05, 0) is 19.8 Å². The monoisotopic (exact) mass is 202 g/mol. The number of esters is 1. The lowest BCUT2D eigenvalue weighted by Gasteiger charge is -2.14. The van der Waals surface area contributed by atoms with Crippen LogP contribution in [0, 0.1) is 5.92 Å². The Bertz CT molecular complexity index is 202.